The zero-order valence-electron chi connectivity index (χ0n) is 13.9. The van der Waals surface area contributed by atoms with E-state index in [1.165, 1.54) is 12.8 Å². The minimum Gasteiger partial charge on any atom is -0.445 e. The van der Waals surface area contributed by atoms with Crippen LogP contribution in [0.4, 0.5) is 4.79 Å². The van der Waals surface area contributed by atoms with E-state index in [1.54, 1.807) is 0 Å². The van der Waals surface area contributed by atoms with Crippen molar-refractivity contribution in [2.75, 3.05) is 0 Å². The third kappa shape index (κ3) is 4.96. The summed E-state index contributed by atoms with van der Waals surface area (Å²) in [5.41, 5.74) is 1.01. The number of hydrogen-bond donors (Lipinski definition) is 1. The van der Waals surface area contributed by atoms with Gasteiger partial charge in [0.1, 0.15) is 6.61 Å². The van der Waals surface area contributed by atoms with Gasteiger partial charge in [0, 0.05) is 6.04 Å². The van der Waals surface area contributed by atoms with Crippen LogP contribution in [0.1, 0.15) is 51.0 Å². The highest BCUT2D eigenvalue weighted by Gasteiger charge is 2.31. The molecule has 0 radical (unpaired) electrons. The van der Waals surface area contributed by atoms with E-state index in [-0.39, 0.29) is 12.1 Å². The van der Waals surface area contributed by atoms with Crippen molar-refractivity contribution in [3.8, 4) is 0 Å². The molecule has 0 spiro atoms. The van der Waals surface area contributed by atoms with E-state index >= 15 is 0 Å². The van der Waals surface area contributed by atoms with Gasteiger partial charge in [0.25, 0.3) is 0 Å². The van der Waals surface area contributed by atoms with E-state index < -0.39 is 0 Å². The van der Waals surface area contributed by atoms with Crippen LogP contribution < -0.4 is 5.32 Å². The Labute approximate surface area is 138 Å². The van der Waals surface area contributed by atoms with Crippen molar-refractivity contribution in [3.05, 3.63) is 35.9 Å². The fourth-order valence-corrected chi connectivity index (χ4v) is 3.49. The van der Waals surface area contributed by atoms with Gasteiger partial charge in [0.2, 0.25) is 0 Å². The molecule has 0 aliphatic heterocycles. The van der Waals surface area contributed by atoms with Crippen molar-refractivity contribution < 1.29 is 14.3 Å². The van der Waals surface area contributed by atoms with Crippen molar-refractivity contribution in [3.63, 3.8) is 0 Å². The molecule has 0 bridgehead atoms. The van der Waals surface area contributed by atoms with Crippen LogP contribution in [0, 0.1) is 5.92 Å². The lowest BCUT2D eigenvalue weighted by Crippen LogP contribution is -2.41. The van der Waals surface area contributed by atoms with Crippen molar-refractivity contribution in [2.45, 2.75) is 70.3 Å². The van der Waals surface area contributed by atoms with E-state index in [1.807, 2.05) is 30.3 Å². The number of carbonyl (C=O) groups excluding carboxylic acids is 1. The van der Waals surface area contributed by atoms with Gasteiger partial charge < -0.3 is 14.8 Å². The second-order valence-corrected chi connectivity index (χ2v) is 7.01. The van der Waals surface area contributed by atoms with Crippen LogP contribution in [-0.4, -0.2) is 24.3 Å². The van der Waals surface area contributed by atoms with E-state index in [2.05, 4.69) is 12.2 Å². The summed E-state index contributed by atoms with van der Waals surface area (Å²) in [5, 5.41) is 2.98. The molecule has 1 amide bonds. The molecule has 126 valence electrons. The highest BCUT2D eigenvalue weighted by molar-refractivity contribution is 5.67. The lowest BCUT2D eigenvalue weighted by atomic mass is 9.83. The third-order valence-electron chi connectivity index (χ3n) is 4.92. The first-order chi connectivity index (χ1) is 11.2. The zero-order valence-corrected chi connectivity index (χ0v) is 13.9. The number of nitrogens with one attached hydrogen (secondary N) is 1. The molecule has 0 aromatic heterocycles. The van der Waals surface area contributed by atoms with Gasteiger partial charge >= 0.3 is 6.09 Å². The molecule has 4 heteroatoms. The summed E-state index contributed by atoms with van der Waals surface area (Å²) < 4.78 is 11.4. The predicted octanol–water partition coefficient (Wildman–Crippen LogP) is 4.04. The Morgan fingerprint density at radius 2 is 1.78 bits per heavy atom. The summed E-state index contributed by atoms with van der Waals surface area (Å²) >= 11 is 0. The first-order valence-electron chi connectivity index (χ1n) is 8.81. The lowest BCUT2D eigenvalue weighted by molar-refractivity contribution is -0.0853. The van der Waals surface area contributed by atoms with Crippen LogP contribution in [0.25, 0.3) is 0 Å². The quantitative estimate of drug-likeness (QED) is 0.891. The Morgan fingerprint density at radius 1 is 1.09 bits per heavy atom. The first-order valence-corrected chi connectivity index (χ1v) is 8.81. The highest BCUT2D eigenvalue weighted by Crippen LogP contribution is 2.33. The summed E-state index contributed by atoms with van der Waals surface area (Å²) in [6.07, 6.45) is 7.00. The number of benzene rings is 1. The Morgan fingerprint density at radius 3 is 2.43 bits per heavy atom. The number of alkyl carbamates (subject to hydrolysis) is 1. The Hall–Kier alpha value is -1.55. The van der Waals surface area contributed by atoms with Crippen molar-refractivity contribution in [1.82, 2.24) is 5.32 Å². The standard InChI is InChI=1S/C19H27NO3/c1-14-11-18(12-14)23-17-9-7-16(8-10-17)20-19(21)22-13-15-5-3-2-4-6-15/h2-6,14,16-18H,7-13H2,1H3,(H,20,21)/t14-,16?,17?,18+. The van der Waals surface area contributed by atoms with E-state index in [9.17, 15) is 4.79 Å². The number of hydrogen-bond acceptors (Lipinski definition) is 3. The molecule has 1 aromatic carbocycles. The normalized spacial score (nSPS) is 30.3. The van der Waals surface area contributed by atoms with Crippen LogP contribution in [0.5, 0.6) is 0 Å². The second kappa shape index (κ2) is 7.82. The zero-order chi connectivity index (χ0) is 16.1. The van der Waals surface area contributed by atoms with Crippen LogP contribution in [-0.2, 0) is 16.1 Å². The first kappa shape index (κ1) is 16.3. The van der Waals surface area contributed by atoms with Crippen LogP contribution >= 0.6 is 0 Å². The van der Waals surface area contributed by atoms with Crippen LogP contribution in [0.2, 0.25) is 0 Å². The maximum Gasteiger partial charge on any atom is 0.407 e. The molecule has 0 saturated heterocycles. The molecular formula is C19H27NO3. The molecular weight excluding hydrogens is 290 g/mol. The molecule has 23 heavy (non-hydrogen) atoms. The molecule has 3 rings (SSSR count). The van der Waals surface area contributed by atoms with Crippen LogP contribution in [0.3, 0.4) is 0 Å². The second-order valence-electron chi connectivity index (χ2n) is 7.01. The van der Waals surface area contributed by atoms with E-state index in [4.69, 9.17) is 9.47 Å². The topological polar surface area (TPSA) is 47.6 Å². The fourth-order valence-electron chi connectivity index (χ4n) is 3.49. The number of rotatable bonds is 5. The SMILES string of the molecule is C[C@H]1C[C@@H](OC2CCC(NC(=O)OCc3ccccc3)CC2)C1. The minimum atomic E-state index is -0.314. The van der Waals surface area contributed by atoms with Crippen molar-refractivity contribution in [2.24, 2.45) is 5.92 Å². The number of carbonyl (C=O) groups is 1. The van der Waals surface area contributed by atoms with E-state index in [0.29, 0.717) is 18.8 Å². The maximum absolute atomic E-state index is 11.9. The fraction of sp³-hybridized carbons (Fsp3) is 0.632. The summed E-state index contributed by atoms with van der Waals surface area (Å²) in [5.74, 6) is 0.831. The minimum absolute atomic E-state index is 0.221. The molecule has 1 N–H and O–H groups in total. The average molecular weight is 317 g/mol. The third-order valence-corrected chi connectivity index (χ3v) is 4.92. The van der Waals surface area contributed by atoms with Gasteiger partial charge in [0.05, 0.1) is 12.2 Å². The summed E-state index contributed by atoms with van der Waals surface area (Å²) in [6, 6.07) is 9.97. The number of amides is 1. The van der Waals surface area contributed by atoms with Crippen molar-refractivity contribution >= 4 is 6.09 Å². The molecule has 2 aliphatic rings. The van der Waals surface area contributed by atoms with Gasteiger partial charge in [-0.25, -0.2) is 4.79 Å². The maximum atomic E-state index is 11.9. The highest BCUT2D eigenvalue weighted by atomic mass is 16.5. The van der Waals surface area contributed by atoms with Gasteiger partial charge in [-0.15, -0.1) is 0 Å². The predicted molar refractivity (Wildman–Crippen MR) is 89.1 cm³/mol. The van der Waals surface area contributed by atoms with Gasteiger partial charge in [-0.1, -0.05) is 37.3 Å². The summed E-state index contributed by atoms with van der Waals surface area (Å²) in [7, 11) is 0. The van der Waals surface area contributed by atoms with Crippen LogP contribution in [0.15, 0.2) is 30.3 Å². The molecule has 0 atom stereocenters. The molecule has 2 saturated carbocycles. The molecule has 2 fully saturated rings. The average Bonchev–Trinajstić information content (AvgIpc) is 2.54. The molecule has 2 aliphatic carbocycles. The van der Waals surface area contributed by atoms with Gasteiger partial charge in [-0.05, 0) is 50.0 Å². The van der Waals surface area contributed by atoms with Gasteiger partial charge in [0.15, 0.2) is 0 Å². The Balaban J connectivity index is 1.31. The molecule has 0 heterocycles. The lowest BCUT2D eigenvalue weighted by Gasteiger charge is -2.38. The summed E-state index contributed by atoms with van der Waals surface area (Å²) in [6.45, 7) is 2.60. The Bertz CT molecular complexity index is 491. The van der Waals surface area contributed by atoms with Gasteiger partial charge in [-0.2, -0.15) is 0 Å². The Kier molecular flexibility index (Phi) is 5.55. The molecule has 0 unspecified atom stereocenters. The van der Waals surface area contributed by atoms with Crippen molar-refractivity contribution in [1.29, 1.82) is 0 Å². The molecule has 4 nitrogen and oxygen atoms in total. The molecule has 1 aromatic rings. The van der Waals surface area contributed by atoms with E-state index in [0.717, 1.165) is 37.2 Å². The smallest absolute Gasteiger partial charge is 0.407 e. The number of ether oxygens (including phenoxy) is 2. The van der Waals surface area contributed by atoms with Gasteiger partial charge in [-0.3, -0.25) is 0 Å². The monoisotopic (exact) mass is 317 g/mol. The summed E-state index contributed by atoms with van der Waals surface area (Å²) in [4.78, 5) is 11.9. The largest absolute Gasteiger partial charge is 0.445 e.